The quantitative estimate of drug-likeness (QED) is 0.497. The molecule has 1 aliphatic rings. The van der Waals surface area contributed by atoms with Crippen LogP contribution in [-0.4, -0.2) is 44.2 Å². The first-order valence-corrected chi connectivity index (χ1v) is 13.9. The van der Waals surface area contributed by atoms with E-state index in [9.17, 15) is 18.0 Å². The zero-order valence-corrected chi connectivity index (χ0v) is 22.6. The van der Waals surface area contributed by atoms with Crippen LogP contribution in [0.1, 0.15) is 52.0 Å². The number of hydrogen-bond donors (Lipinski definition) is 2. The minimum atomic E-state index is -3.86. The molecule has 0 unspecified atom stereocenters. The number of amides is 1. The summed E-state index contributed by atoms with van der Waals surface area (Å²) in [6.45, 7) is 1.38. The molecule has 3 aromatic rings. The SMILES string of the molecule is CN(C)S(=O)(=O)c1cc2cc(c1)C(=O)N[C@@H](c1ccccc1)CCc1cccc(c1)C[C@@](C)(N)C(=O)OC2. The van der Waals surface area contributed by atoms with Gasteiger partial charge in [-0.05, 0) is 60.2 Å². The number of sulfonamides is 1. The molecule has 38 heavy (non-hydrogen) atoms. The van der Waals surface area contributed by atoms with Crippen LogP contribution < -0.4 is 11.1 Å². The van der Waals surface area contributed by atoms with Gasteiger partial charge in [-0.1, -0.05) is 54.6 Å². The highest BCUT2D eigenvalue weighted by atomic mass is 32.2. The van der Waals surface area contributed by atoms with Gasteiger partial charge >= 0.3 is 5.97 Å². The van der Waals surface area contributed by atoms with Crippen LogP contribution in [-0.2, 0) is 39.0 Å². The second kappa shape index (κ2) is 11.1. The third-order valence-corrected chi connectivity index (χ3v) is 8.43. The molecule has 0 radical (unpaired) electrons. The molecule has 1 heterocycles. The lowest BCUT2D eigenvalue weighted by molar-refractivity contribution is -0.150. The number of carbonyl (C=O) groups is 2. The Labute approximate surface area is 223 Å². The van der Waals surface area contributed by atoms with E-state index in [1.165, 1.54) is 26.2 Å². The number of esters is 1. The first kappa shape index (κ1) is 27.5. The second-order valence-corrected chi connectivity index (χ2v) is 12.3. The van der Waals surface area contributed by atoms with Crippen LogP contribution in [0.4, 0.5) is 0 Å². The molecule has 0 saturated carbocycles. The van der Waals surface area contributed by atoms with E-state index in [4.69, 9.17) is 10.5 Å². The topological polar surface area (TPSA) is 119 Å². The fourth-order valence-electron chi connectivity index (χ4n) is 4.50. The van der Waals surface area contributed by atoms with Crippen molar-refractivity contribution in [1.82, 2.24) is 9.62 Å². The van der Waals surface area contributed by atoms with E-state index in [0.29, 0.717) is 18.4 Å². The zero-order valence-electron chi connectivity index (χ0n) is 21.8. The maximum atomic E-state index is 13.5. The van der Waals surface area contributed by atoms with E-state index >= 15 is 0 Å². The molecule has 1 aliphatic heterocycles. The number of hydrogen-bond acceptors (Lipinski definition) is 6. The summed E-state index contributed by atoms with van der Waals surface area (Å²) >= 11 is 0. The first-order chi connectivity index (χ1) is 18.0. The molecule has 3 N–H and O–H groups in total. The van der Waals surface area contributed by atoms with Gasteiger partial charge in [0.1, 0.15) is 12.1 Å². The maximum absolute atomic E-state index is 13.5. The zero-order chi connectivity index (χ0) is 27.5. The number of carbonyl (C=O) groups excluding carboxylic acids is 2. The molecule has 8 nitrogen and oxygen atoms in total. The molecule has 9 heteroatoms. The number of cyclic esters (lactones) is 1. The van der Waals surface area contributed by atoms with Gasteiger partial charge in [-0.3, -0.25) is 9.59 Å². The lowest BCUT2D eigenvalue weighted by Crippen LogP contribution is -2.48. The molecule has 0 fully saturated rings. The molecule has 2 atom stereocenters. The third kappa shape index (κ3) is 6.30. The Hall–Kier alpha value is -3.53. The van der Waals surface area contributed by atoms with E-state index in [2.05, 4.69) is 5.32 Å². The summed E-state index contributed by atoms with van der Waals surface area (Å²) < 4.78 is 32.5. The maximum Gasteiger partial charge on any atom is 0.326 e. The Morgan fingerprint density at radius 2 is 1.66 bits per heavy atom. The number of nitrogens with zero attached hydrogens (tertiary/aromatic N) is 1. The van der Waals surface area contributed by atoms with Gasteiger partial charge in [0.15, 0.2) is 0 Å². The van der Waals surface area contributed by atoms with Gasteiger partial charge in [0.05, 0.1) is 10.9 Å². The van der Waals surface area contributed by atoms with Crippen molar-refractivity contribution in [2.45, 2.75) is 49.3 Å². The van der Waals surface area contributed by atoms with Gasteiger partial charge in [-0.2, -0.15) is 0 Å². The number of nitrogens with one attached hydrogen (secondary N) is 1. The standard InChI is InChI=1S/C29H33N3O5S/c1-29(30)18-21-9-7-8-20(14-21)12-13-26(23-10-5-4-6-11-23)31-27(33)24-15-22(19-37-28(29)34)16-25(17-24)38(35,36)32(2)3/h4-11,14-17,26H,12-13,18-19,30H2,1-3H3,(H,31,33)/t26-,29-/m1/s1. The number of rotatable bonds is 3. The Balaban J connectivity index is 1.79. The molecule has 3 aromatic carbocycles. The average Bonchev–Trinajstić information content (AvgIpc) is 2.89. The summed E-state index contributed by atoms with van der Waals surface area (Å²) in [4.78, 5) is 26.4. The van der Waals surface area contributed by atoms with Crippen molar-refractivity contribution in [3.63, 3.8) is 0 Å². The summed E-state index contributed by atoms with van der Waals surface area (Å²) in [5.41, 5.74) is 8.49. The highest BCUT2D eigenvalue weighted by Crippen LogP contribution is 2.24. The lowest BCUT2D eigenvalue weighted by Gasteiger charge is -2.24. The Kier molecular flexibility index (Phi) is 8.01. The summed E-state index contributed by atoms with van der Waals surface area (Å²) in [5, 5.41) is 3.09. The van der Waals surface area contributed by atoms with Crippen LogP contribution in [0.2, 0.25) is 0 Å². The highest BCUT2D eigenvalue weighted by molar-refractivity contribution is 7.89. The van der Waals surface area contributed by atoms with Crippen LogP contribution in [0, 0.1) is 0 Å². The number of fused-ring (bicyclic) bond motifs is 4. The number of aryl methyl sites for hydroxylation is 1. The Morgan fingerprint density at radius 1 is 0.947 bits per heavy atom. The van der Waals surface area contributed by atoms with Crippen molar-refractivity contribution in [2.75, 3.05) is 14.1 Å². The second-order valence-electron chi connectivity index (χ2n) is 10.1. The highest BCUT2D eigenvalue weighted by Gasteiger charge is 2.31. The van der Waals surface area contributed by atoms with Gasteiger partial charge in [0.2, 0.25) is 10.0 Å². The number of nitrogens with two attached hydrogens (primary N) is 1. The van der Waals surface area contributed by atoms with Crippen molar-refractivity contribution in [1.29, 1.82) is 0 Å². The van der Waals surface area contributed by atoms with E-state index in [-0.39, 0.29) is 29.5 Å². The van der Waals surface area contributed by atoms with E-state index < -0.39 is 27.4 Å². The predicted octanol–water partition coefficient (Wildman–Crippen LogP) is 3.36. The summed E-state index contributed by atoms with van der Waals surface area (Å²) in [5.74, 6) is -1.04. The molecule has 0 aromatic heterocycles. The van der Waals surface area contributed by atoms with Crippen molar-refractivity contribution in [3.8, 4) is 0 Å². The fraction of sp³-hybridized carbons (Fsp3) is 0.310. The molecular formula is C29H33N3O5S. The first-order valence-electron chi connectivity index (χ1n) is 12.4. The van der Waals surface area contributed by atoms with Crippen molar-refractivity contribution < 1.29 is 22.7 Å². The fourth-order valence-corrected chi connectivity index (χ4v) is 5.50. The molecule has 200 valence electrons. The minimum Gasteiger partial charge on any atom is -0.459 e. The molecule has 0 saturated heterocycles. The van der Waals surface area contributed by atoms with Crippen LogP contribution in [0.25, 0.3) is 0 Å². The van der Waals surface area contributed by atoms with Crippen molar-refractivity contribution >= 4 is 21.9 Å². The summed E-state index contributed by atoms with van der Waals surface area (Å²) in [6.07, 6.45) is 1.56. The predicted molar refractivity (Wildman–Crippen MR) is 145 cm³/mol. The van der Waals surface area contributed by atoms with Crippen LogP contribution in [0.3, 0.4) is 0 Å². The third-order valence-electron chi connectivity index (χ3n) is 6.64. The van der Waals surface area contributed by atoms with Gasteiger partial charge in [-0.15, -0.1) is 0 Å². The normalized spacial score (nSPS) is 21.0. The van der Waals surface area contributed by atoms with E-state index in [0.717, 1.165) is 21.0 Å². The van der Waals surface area contributed by atoms with Gasteiger partial charge in [-0.25, -0.2) is 12.7 Å². The molecule has 0 aliphatic carbocycles. The summed E-state index contributed by atoms with van der Waals surface area (Å²) in [7, 11) is -1.02. The summed E-state index contributed by atoms with van der Waals surface area (Å²) in [6, 6.07) is 21.5. The monoisotopic (exact) mass is 535 g/mol. The molecule has 4 rings (SSSR count). The van der Waals surface area contributed by atoms with Gasteiger partial charge < -0.3 is 15.8 Å². The van der Waals surface area contributed by atoms with Crippen LogP contribution in [0.15, 0.2) is 77.7 Å². The Morgan fingerprint density at radius 3 is 2.37 bits per heavy atom. The minimum absolute atomic E-state index is 0.0657. The lowest BCUT2D eigenvalue weighted by atomic mass is 9.91. The molecule has 0 spiro atoms. The molecule has 4 bridgehead atoms. The number of ether oxygens (including phenoxy) is 1. The van der Waals surface area contributed by atoms with Crippen molar-refractivity contribution in [3.05, 3.63) is 101 Å². The number of benzene rings is 3. The van der Waals surface area contributed by atoms with Crippen molar-refractivity contribution in [2.24, 2.45) is 5.73 Å². The largest absolute Gasteiger partial charge is 0.459 e. The van der Waals surface area contributed by atoms with Gasteiger partial charge in [0, 0.05) is 26.1 Å². The Bertz CT molecular complexity index is 1440. The van der Waals surface area contributed by atoms with Crippen LogP contribution in [0.5, 0.6) is 0 Å². The van der Waals surface area contributed by atoms with Crippen LogP contribution >= 0.6 is 0 Å². The smallest absolute Gasteiger partial charge is 0.326 e. The van der Waals surface area contributed by atoms with Gasteiger partial charge in [0.25, 0.3) is 5.91 Å². The van der Waals surface area contributed by atoms with E-state index in [1.54, 1.807) is 13.0 Å². The molecular weight excluding hydrogens is 502 g/mol. The van der Waals surface area contributed by atoms with E-state index in [1.807, 2.05) is 54.6 Å². The molecule has 1 amide bonds. The average molecular weight is 536 g/mol.